The Morgan fingerprint density at radius 3 is 1.55 bits per heavy atom. The minimum Gasteiger partial charge on any atom is -0.493 e. The van der Waals surface area contributed by atoms with Crippen molar-refractivity contribution in [3.63, 3.8) is 0 Å². The van der Waals surface area contributed by atoms with E-state index in [1.165, 1.54) is 71.7 Å². The lowest BCUT2D eigenvalue weighted by atomic mass is 10.1. The largest absolute Gasteiger partial charge is 0.493 e. The number of nitro benzene ring substituents is 1. The van der Waals surface area contributed by atoms with Gasteiger partial charge in [-0.05, 0) is 53.6 Å². The van der Waals surface area contributed by atoms with Crippen LogP contribution < -0.4 is 24.7 Å². The van der Waals surface area contributed by atoms with Gasteiger partial charge >= 0.3 is 0 Å². The quantitative estimate of drug-likeness (QED) is 0.0432. The summed E-state index contributed by atoms with van der Waals surface area (Å²) in [5.41, 5.74) is 9.97. The van der Waals surface area contributed by atoms with Crippen molar-refractivity contribution in [2.24, 2.45) is 0 Å². The number of aliphatic hydroxyl groups excluding tert-OH is 1. The summed E-state index contributed by atoms with van der Waals surface area (Å²) in [5, 5.41) is 23.4. The summed E-state index contributed by atoms with van der Waals surface area (Å²) in [7, 11) is 1.00. The van der Waals surface area contributed by atoms with Crippen LogP contribution >= 0.6 is 22.7 Å². The minimum absolute atomic E-state index is 0.0158. The predicted molar refractivity (Wildman–Crippen MR) is 229 cm³/mol. The number of ether oxygens (including phenoxy) is 4. The van der Waals surface area contributed by atoms with E-state index < -0.39 is 4.92 Å². The van der Waals surface area contributed by atoms with Crippen LogP contribution in [0.25, 0.3) is 42.7 Å². The molecule has 0 atom stereocenters. The van der Waals surface area contributed by atoms with E-state index in [2.05, 4.69) is 19.9 Å². The number of nitrogens with zero attached hydrogens (tertiary/aromatic N) is 5. The number of thiophene rings is 2. The van der Waals surface area contributed by atoms with Crippen molar-refractivity contribution in [2.75, 3.05) is 39.3 Å². The summed E-state index contributed by atoms with van der Waals surface area (Å²) < 4.78 is 49.5. The summed E-state index contributed by atoms with van der Waals surface area (Å²) in [6.45, 7) is 1.64. The molecule has 4 aromatic heterocycles. The number of halogens is 2. The molecule has 308 valence electrons. The molecule has 3 N–H and O–H groups in total. The Kier molecular flexibility index (Phi) is 15.2. The number of benzene rings is 4. The van der Waals surface area contributed by atoms with Crippen molar-refractivity contribution >= 4 is 54.5 Å². The molecule has 0 spiro atoms. The highest BCUT2D eigenvalue weighted by molar-refractivity contribution is 7.17. The van der Waals surface area contributed by atoms with Gasteiger partial charge in [0, 0.05) is 59.7 Å². The molecular formula is C43H38F2N6O7S2. The second kappa shape index (κ2) is 21.3. The molecule has 8 aromatic rings. The van der Waals surface area contributed by atoms with Gasteiger partial charge in [0.1, 0.15) is 45.4 Å². The SMILES string of the molecule is CO.Nc1cccc(OCCCOc2ncnc3scc(-c4ccc(F)cc4)c23)c1.O=[N+]([O-])c1cccc(OCCCOc2ncnc3scc(-c4ccc(F)cc4)c23)c1. The Morgan fingerprint density at radius 1 is 0.633 bits per heavy atom. The molecule has 0 unspecified atom stereocenters. The van der Waals surface area contributed by atoms with Gasteiger partial charge in [-0.15, -0.1) is 22.7 Å². The zero-order chi connectivity index (χ0) is 42.3. The van der Waals surface area contributed by atoms with E-state index in [1.807, 2.05) is 29.0 Å². The molecule has 0 radical (unpaired) electrons. The number of aromatic nitrogens is 4. The smallest absolute Gasteiger partial charge is 0.273 e. The lowest BCUT2D eigenvalue weighted by Crippen LogP contribution is -2.06. The van der Waals surface area contributed by atoms with Crippen molar-refractivity contribution in [3.05, 3.63) is 142 Å². The third kappa shape index (κ3) is 11.2. The molecule has 0 aliphatic rings. The van der Waals surface area contributed by atoms with Crippen LogP contribution in [0.15, 0.2) is 120 Å². The van der Waals surface area contributed by atoms with Crippen LogP contribution in [0, 0.1) is 21.7 Å². The summed E-state index contributed by atoms with van der Waals surface area (Å²) >= 11 is 2.98. The van der Waals surface area contributed by atoms with Crippen molar-refractivity contribution in [3.8, 4) is 45.5 Å². The van der Waals surface area contributed by atoms with Crippen LogP contribution in [0.2, 0.25) is 0 Å². The molecular weight excluding hydrogens is 815 g/mol. The fourth-order valence-corrected chi connectivity index (χ4v) is 7.54. The number of fused-ring (bicyclic) bond motifs is 2. The summed E-state index contributed by atoms with van der Waals surface area (Å²) in [6.07, 6.45) is 4.19. The van der Waals surface area contributed by atoms with Crippen LogP contribution in [0.1, 0.15) is 12.8 Å². The number of nitro groups is 1. The van der Waals surface area contributed by atoms with Gasteiger partial charge in [0.25, 0.3) is 5.69 Å². The molecule has 17 heteroatoms. The predicted octanol–water partition coefficient (Wildman–Crippen LogP) is 9.79. The number of aliphatic hydroxyl groups is 1. The summed E-state index contributed by atoms with van der Waals surface area (Å²) in [4.78, 5) is 29.1. The molecule has 0 bridgehead atoms. The third-order valence-corrected chi connectivity index (χ3v) is 10.2. The minimum atomic E-state index is -0.462. The normalized spacial score (nSPS) is 10.6. The Morgan fingerprint density at radius 2 is 1.08 bits per heavy atom. The van der Waals surface area contributed by atoms with E-state index in [0.717, 1.165) is 55.5 Å². The van der Waals surface area contributed by atoms with Crippen molar-refractivity contribution in [1.29, 1.82) is 0 Å². The van der Waals surface area contributed by atoms with Crippen molar-refractivity contribution < 1.29 is 37.8 Å². The Bertz CT molecular complexity index is 2630. The Balaban J connectivity index is 0.000000194. The maximum Gasteiger partial charge on any atom is 0.273 e. The van der Waals surface area contributed by atoms with Crippen molar-refractivity contribution in [1.82, 2.24) is 19.9 Å². The van der Waals surface area contributed by atoms with E-state index in [0.29, 0.717) is 62.5 Å². The molecule has 0 aliphatic heterocycles. The van der Waals surface area contributed by atoms with E-state index in [9.17, 15) is 18.9 Å². The lowest BCUT2D eigenvalue weighted by Gasteiger charge is -2.09. The van der Waals surface area contributed by atoms with Crippen molar-refractivity contribution in [2.45, 2.75) is 12.8 Å². The summed E-state index contributed by atoms with van der Waals surface area (Å²) in [6, 6.07) is 26.0. The number of hydrogen-bond donors (Lipinski definition) is 2. The monoisotopic (exact) mass is 852 g/mol. The molecule has 4 heterocycles. The van der Waals surface area contributed by atoms with Gasteiger partial charge in [-0.25, -0.2) is 28.7 Å². The highest BCUT2D eigenvalue weighted by Crippen LogP contribution is 2.39. The van der Waals surface area contributed by atoms with Gasteiger partial charge in [0.2, 0.25) is 11.8 Å². The zero-order valence-corrected chi connectivity index (χ0v) is 33.7. The van der Waals surface area contributed by atoms with Gasteiger partial charge in [0.05, 0.1) is 48.2 Å². The van der Waals surface area contributed by atoms with Crippen LogP contribution in [0.3, 0.4) is 0 Å². The number of nitrogen functional groups attached to an aromatic ring is 1. The van der Waals surface area contributed by atoms with E-state index in [1.54, 1.807) is 42.5 Å². The van der Waals surface area contributed by atoms with Gasteiger partial charge in [-0.1, -0.05) is 36.4 Å². The first kappa shape index (κ1) is 42.8. The Hall–Kier alpha value is -6.82. The molecule has 4 aromatic carbocycles. The van der Waals surface area contributed by atoms with Crippen LogP contribution in [-0.4, -0.2) is 63.5 Å². The number of rotatable bonds is 15. The number of anilines is 1. The molecule has 0 saturated heterocycles. The second-order valence-electron chi connectivity index (χ2n) is 12.5. The standard InChI is InChI=1S/C21H16FN3O4S.C21H18FN3O2S.CH4O/c22-15-7-5-14(6-8-15)18-12-30-21-19(18)20(23-13-24-21)29-10-2-9-28-17-4-1-3-16(11-17)25(26)27;22-15-7-5-14(6-8-15)18-12-28-21-19(18)20(24-13-25-21)27-10-2-9-26-17-4-1-3-16(23)11-17;1-2/h1,3-8,11-13H,2,9-10H2;1,3-8,11-13H,2,9-10,23H2;2H,1H3. The van der Waals surface area contributed by atoms with Crippen LogP contribution in [0.4, 0.5) is 20.2 Å². The average molecular weight is 853 g/mol. The topological polar surface area (TPSA) is 178 Å². The maximum atomic E-state index is 13.3. The van der Waals surface area contributed by atoms with Crippen LogP contribution in [0.5, 0.6) is 23.3 Å². The fraction of sp³-hybridized carbons (Fsp3) is 0.163. The molecule has 8 rings (SSSR count). The maximum absolute atomic E-state index is 13.3. The molecule has 0 aliphatic carbocycles. The molecule has 0 amide bonds. The number of nitrogens with two attached hydrogens (primary N) is 1. The zero-order valence-electron chi connectivity index (χ0n) is 32.1. The fourth-order valence-electron chi connectivity index (χ4n) is 5.72. The third-order valence-electron chi connectivity index (χ3n) is 8.46. The highest BCUT2D eigenvalue weighted by Gasteiger charge is 2.16. The number of hydrogen-bond acceptors (Lipinski definition) is 14. The van der Waals surface area contributed by atoms with Gasteiger partial charge in [-0.3, -0.25) is 10.1 Å². The molecule has 60 heavy (non-hydrogen) atoms. The lowest BCUT2D eigenvalue weighted by molar-refractivity contribution is -0.384. The number of non-ortho nitro benzene ring substituents is 1. The first-order valence-corrected chi connectivity index (χ1v) is 20.1. The molecule has 13 nitrogen and oxygen atoms in total. The first-order chi connectivity index (χ1) is 29.3. The van der Waals surface area contributed by atoms with Crippen LogP contribution in [-0.2, 0) is 0 Å². The molecule has 0 saturated carbocycles. The van der Waals surface area contributed by atoms with Gasteiger partial charge in [0.15, 0.2) is 0 Å². The van der Waals surface area contributed by atoms with E-state index in [4.69, 9.17) is 29.8 Å². The highest BCUT2D eigenvalue weighted by atomic mass is 32.1. The molecule has 0 fully saturated rings. The van der Waals surface area contributed by atoms with Gasteiger partial charge in [-0.2, -0.15) is 0 Å². The van der Waals surface area contributed by atoms with Gasteiger partial charge < -0.3 is 29.8 Å². The van der Waals surface area contributed by atoms with E-state index in [-0.39, 0.29) is 17.3 Å². The average Bonchev–Trinajstić information content (AvgIpc) is 3.91. The first-order valence-electron chi connectivity index (χ1n) is 18.3. The Labute approximate surface area is 350 Å². The van der Waals surface area contributed by atoms with E-state index >= 15 is 0 Å². The summed E-state index contributed by atoms with van der Waals surface area (Å²) in [5.74, 6) is 1.59. The second-order valence-corrected chi connectivity index (χ2v) is 14.2.